The minimum absolute atomic E-state index is 0.804. The summed E-state index contributed by atoms with van der Waals surface area (Å²) in [4.78, 5) is 11.5. The molecule has 3 heterocycles. The van der Waals surface area contributed by atoms with Gasteiger partial charge in [-0.05, 0) is 30.9 Å². The van der Waals surface area contributed by atoms with Gasteiger partial charge in [0.2, 0.25) is 0 Å². The Bertz CT molecular complexity index is 894. The molecule has 2 aromatic heterocycles. The highest BCUT2D eigenvalue weighted by atomic mass is 16.5. The molecule has 0 bridgehead atoms. The van der Waals surface area contributed by atoms with Crippen molar-refractivity contribution in [2.75, 3.05) is 43.1 Å². The molecule has 1 aromatic carbocycles. The predicted octanol–water partition coefficient (Wildman–Crippen LogP) is 3.05. The fourth-order valence-corrected chi connectivity index (χ4v) is 3.49. The van der Waals surface area contributed by atoms with Crippen LogP contribution in [0, 0.1) is 5.92 Å². The van der Waals surface area contributed by atoms with Crippen LogP contribution in [0.2, 0.25) is 0 Å². The van der Waals surface area contributed by atoms with E-state index in [1.54, 1.807) is 0 Å². The fourth-order valence-electron chi connectivity index (χ4n) is 3.49. The topological polar surface area (TPSA) is 54.7 Å². The van der Waals surface area contributed by atoms with Gasteiger partial charge < -0.3 is 15.0 Å². The average molecular weight is 349 g/mol. The molecule has 26 heavy (non-hydrogen) atoms. The van der Waals surface area contributed by atoms with Gasteiger partial charge in [0.05, 0.1) is 25.1 Å². The Morgan fingerprint density at radius 1 is 1.08 bits per heavy atom. The first-order chi connectivity index (χ1) is 12.9. The van der Waals surface area contributed by atoms with Gasteiger partial charge in [-0.1, -0.05) is 12.1 Å². The molecule has 0 radical (unpaired) electrons. The van der Waals surface area contributed by atoms with Crippen LogP contribution in [0.5, 0.6) is 0 Å². The lowest BCUT2D eigenvalue weighted by molar-refractivity contribution is 0.122. The van der Waals surface area contributed by atoms with Gasteiger partial charge in [0.1, 0.15) is 0 Å². The zero-order chi connectivity index (χ0) is 17.3. The van der Waals surface area contributed by atoms with Gasteiger partial charge >= 0.3 is 0 Å². The molecular weight excluding hydrogens is 326 g/mol. The first kappa shape index (κ1) is 15.6. The van der Waals surface area contributed by atoms with Gasteiger partial charge in [0, 0.05) is 43.3 Å². The maximum Gasteiger partial charge on any atom is 0.180 e. The van der Waals surface area contributed by atoms with E-state index in [1.165, 1.54) is 18.5 Å². The summed E-state index contributed by atoms with van der Waals surface area (Å²) in [6.45, 7) is 4.51. The number of aromatic nitrogens is 3. The average Bonchev–Trinajstić information content (AvgIpc) is 3.44. The van der Waals surface area contributed by atoms with E-state index in [0.717, 1.165) is 61.5 Å². The molecule has 1 aliphatic carbocycles. The summed E-state index contributed by atoms with van der Waals surface area (Å²) in [7, 11) is 0. The van der Waals surface area contributed by atoms with Crippen LogP contribution in [0.4, 0.5) is 11.5 Å². The smallest absolute Gasteiger partial charge is 0.180 e. The van der Waals surface area contributed by atoms with Crippen molar-refractivity contribution in [2.45, 2.75) is 12.8 Å². The highest BCUT2D eigenvalue weighted by Crippen LogP contribution is 2.30. The molecule has 1 N–H and O–H groups in total. The number of morpholine rings is 1. The second-order valence-electron chi connectivity index (χ2n) is 7.08. The molecule has 3 aromatic rings. The number of ether oxygens (including phenoxy) is 1. The Morgan fingerprint density at radius 3 is 2.65 bits per heavy atom. The second kappa shape index (κ2) is 6.61. The molecule has 6 nitrogen and oxygen atoms in total. The summed E-state index contributed by atoms with van der Waals surface area (Å²) in [6.07, 6.45) is 8.41. The van der Waals surface area contributed by atoms with Gasteiger partial charge in [-0.2, -0.15) is 0 Å². The fraction of sp³-hybridized carbons (Fsp3) is 0.400. The number of nitrogens with zero attached hydrogens (tertiary/aromatic N) is 4. The monoisotopic (exact) mass is 349 g/mol. The quantitative estimate of drug-likeness (QED) is 0.767. The first-order valence-electron chi connectivity index (χ1n) is 9.37. The molecule has 2 fully saturated rings. The van der Waals surface area contributed by atoms with Crippen LogP contribution in [0.25, 0.3) is 16.9 Å². The number of imidazole rings is 1. The zero-order valence-corrected chi connectivity index (χ0v) is 14.8. The number of rotatable bonds is 5. The van der Waals surface area contributed by atoms with Crippen molar-refractivity contribution in [1.29, 1.82) is 0 Å². The van der Waals surface area contributed by atoms with E-state index >= 15 is 0 Å². The molecule has 5 rings (SSSR count). The van der Waals surface area contributed by atoms with E-state index in [1.807, 2.05) is 18.6 Å². The van der Waals surface area contributed by atoms with Crippen LogP contribution in [0.15, 0.2) is 42.9 Å². The number of hydrogen-bond acceptors (Lipinski definition) is 5. The molecule has 6 heteroatoms. The van der Waals surface area contributed by atoms with E-state index in [4.69, 9.17) is 4.74 Å². The summed E-state index contributed by atoms with van der Waals surface area (Å²) in [5, 5.41) is 3.45. The Morgan fingerprint density at radius 2 is 1.88 bits per heavy atom. The summed E-state index contributed by atoms with van der Waals surface area (Å²) in [5.41, 5.74) is 4.39. The van der Waals surface area contributed by atoms with E-state index < -0.39 is 0 Å². The lowest BCUT2D eigenvalue weighted by Crippen LogP contribution is -2.36. The molecule has 0 spiro atoms. The van der Waals surface area contributed by atoms with Crippen molar-refractivity contribution < 1.29 is 4.74 Å². The van der Waals surface area contributed by atoms with E-state index in [2.05, 4.69) is 48.9 Å². The standard InChI is InChI=1S/C20H23N5O/c1-2-15(1)13-22-19-20-23-14-18(25(20)8-7-21-19)16-3-5-17(6-4-16)24-9-11-26-12-10-24/h3-8,14-15H,1-2,9-13H2,(H,21,22). The molecular formula is C20H23N5O. The van der Waals surface area contributed by atoms with E-state index in [-0.39, 0.29) is 0 Å². The summed E-state index contributed by atoms with van der Waals surface area (Å²) < 4.78 is 7.55. The minimum atomic E-state index is 0.804. The molecule has 0 amide bonds. The maximum atomic E-state index is 5.44. The molecule has 0 atom stereocenters. The number of nitrogens with one attached hydrogen (secondary N) is 1. The van der Waals surface area contributed by atoms with Crippen LogP contribution >= 0.6 is 0 Å². The zero-order valence-electron chi connectivity index (χ0n) is 14.8. The van der Waals surface area contributed by atoms with Gasteiger partial charge in [0.25, 0.3) is 0 Å². The minimum Gasteiger partial charge on any atom is -0.378 e. The van der Waals surface area contributed by atoms with Gasteiger partial charge in [-0.25, -0.2) is 9.97 Å². The number of fused-ring (bicyclic) bond motifs is 1. The van der Waals surface area contributed by atoms with Gasteiger partial charge in [-0.15, -0.1) is 0 Å². The normalized spacial score (nSPS) is 17.6. The van der Waals surface area contributed by atoms with Gasteiger partial charge in [-0.3, -0.25) is 4.40 Å². The molecule has 0 unspecified atom stereocenters. The summed E-state index contributed by atoms with van der Waals surface area (Å²) in [5.74, 6) is 1.68. The first-order valence-corrected chi connectivity index (χ1v) is 9.37. The van der Waals surface area contributed by atoms with Crippen molar-refractivity contribution in [1.82, 2.24) is 14.4 Å². The summed E-state index contributed by atoms with van der Waals surface area (Å²) in [6, 6.07) is 8.72. The van der Waals surface area contributed by atoms with Crippen molar-refractivity contribution in [3.63, 3.8) is 0 Å². The Labute approximate surface area is 152 Å². The number of benzene rings is 1. The Kier molecular flexibility index (Phi) is 3.97. The number of anilines is 2. The highest BCUT2D eigenvalue weighted by Gasteiger charge is 2.21. The SMILES string of the molecule is c1cn2c(-c3ccc(N4CCOCC4)cc3)cnc2c(NCC2CC2)n1. The van der Waals surface area contributed by atoms with E-state index in [9.17, 15) is 0 Å². The van der Waals surface area contributed by atoms with Crippen molar-refractivity contribution in [2.24, 2.45) is 5.92 Å². The third-order valence-electron chi connectivity index (χ3n) is 5.22. The van der Waals surface area contributed by atoms with Crippen LogP contribution in [0.1, 0.15) is 12.8 Å². The van der Waals surface area contributed by atoms with E-state index in [0.29, 0.717) is 0 Å². The molecule has 2 aliphatic rings. The largest absolute Gasteiger partial charge is 0.378 e. The lowest BCUT2D eigenvalue weighted by atomic mass is 10.1. The molecule has 1 saturated heterocycles. The molecule has 134 valence electrons. The van der Waals surface area contributed by atoms with Crippen LogP contribution < -0.4 is 10.2 Å². The van der Waals surface area contributed by atoms with Gasteiger partial charge in [0.15, 0.2) is 11.5 Å². The second-order valence-corrected chi connectivity index (χ2v) is 7.08. The highest BCUT2D eigenvalue weighted by molar-refractivity contribution is 5.71. The molecule has 1 saturated carbocycles. The Balaban J connectivity index is 1.42. The van der Waals surface area contributed by atoms with Crippen LogP contribution in [-0.2, 0) is 4.74 Å². The third-order valence-corrected chi connectivity index (χ3v) is 5.22. The van der Waals surface area contributed by atoms with Crippen molar-refractivity contribution in [3.8, 4) is 11.3 Å². The lowest BCUT2D eigenvalue weighted by Gasteiger charge is -2.28. The van der Waals surface area contributed by atoms with Crippen molar-refractivity contribution in [3.05, 3.63) is 42.9 Å². The van der Waals surface area contributed by atoms with Crippen molar-refractivity contribution >= 4 is 17.2 Å². The summed E-state index contributed by atoms with van der Waals surface area (Å²) >= 11 is 0. The predicted molar refractivity (Wildman–Crippen MR) is 103 cm³/mol. The maximum absolute atomic E-state index is 5.44. The number of hydrogen-bond donors (Lipinski definition) is 1. The Hall–Kier alpha value is -2.60. The van der Waals surface area contributed by atoms with Crippen LogP contribution in [0.3, 0.4) is 0 Å². The molecule has 1 aliphatic heterocycles. The van der Waals surface area contributed by atoms with Crippen LogP contribution in [-0.4, -0.2) is 47.2 Å². The third kappa shape index (κ3) is 3.01.